The van der Waals surface area contributed by atoms with Gasteiger partial charge < -0.3 is 19.7 Å². The van der Waals surface area contributed by atoms with E-state index in [2.05, 4.69) is 5.32 Å². The van der Waals surface area contributed by atoms with Gasteiger partial charge in [0.1, 0.15) is 12.4 Å². The zero-order valence-corrected chi connectivity index (χ0v) is 21.3. The van der Waals surface area contributed by atoms with Gasteiger partial charge >= 0.3 is 6.09 Å². The summed E-state index contributed by atoms with van der Waals surface area (Å²) >= 11 is 0. The number of carbonyl (C=O) groups excluding carboxylic acids is 2. The lowest BCUT2D eigenvalue weighted by atomic mass is 9.73. The topological polar surface area (TPSA) is 67.9 Å². The second-order valence-electron chi connectivity index (χ2n) is 9.55. The molecule has 1 heterocycles. The Kier molecular flexibility index (Phi) is 7.93. The van der Waals surface area contributed by atoms with Crippen molar-refractivity contribution in [2.24, 2.45) is 11.8 Å². The van der Waals surface area contributed by atoms with Crippen molar-refractivity contribution in [1.29, 1.82) is 0 Å². The summed E-state index contributed by atoms with van der Waals surface area (Å²) in [7, 11) is 1.64. The van der Waals surface area contributed by atoms with Gasteiger partial charge in [0.15, 0.2) is 0 Å². The molecule has 2 amide bonds. The third-order valence-corrected chi connectivity index (χ3v) is 6.94. The van der Waals surface area contributed by atoms with Crippen molar-refractivity contribution in [1.82, 2.24) is 10.2 Å². The van der Waals surface area contributed by atoms with Crippen LogP contribution in [0.15, 0.2) is 84.9 Å². The summed E-state index contributed by atoms with van der Waals surface area (Å²) < 4.78 is 10.8. The number of rotatable bonds is 9. The van der Waals surface area contributed by atoms with Gasteiger partial charge in [-0.1, -0.05) is 86.6 Å². The first-order chi connectivity index (χ1) is 17.4. The van der Waals surface area contributed by atoms with Crippen LogP contribution in [0.5, 0.6) is 5.75 Å². The number of nitrogens with zero attached hydrogens (tertiary/aromatic N) is 1. The predicted molar refractivity (Wildman–Crippen MR) is 139 cm³/mol. The molecule has 4 atom stereocenters. The maximum atomic E-state index is 13.7. The zero-order chi connectivity index (χ0) is 25.7. The highest BCUT2D eigenvalue weighted by atomic mass is 16.5. The number of nitrogens with one attached hydrogen (secondary N) is 1. The van der Waals surface area contributed by atoms with Crippen LogP contribution < -0.4 is 10.1 Å². The van der Waals surface area contributed by atoms with Crippen LogP contribution in [-0.2, 0) is 16.1 Å². The standard InChI is InChI=1S/C30H34N2O4/c1-20(2)27(31-30(34)36-19-22-11-7-5-8-12-22)26-28(24-13-9-6-10-14-24)32(29(26)33)21(3)23-15-17-25(35-4)18-16-23/h5-18,20-21,26-28H,19H2,1-4H3,(H,31,34)/t21-,26+,27-,28+/m0/s1. The Labute approximate surface area is 213 Å². The fraction of sp³-hybridized carbons (Fsp3) is 0.333. The molecule has 1 N–H and O–H groups in total. The van der Waals surface area contributed by atoms with Crippen molar-refractivity contribution >= 4 is 12.0 Å². The molecule has 1 fully saturated rings. The van der Waals surface area contributed by atoms with Crippen LogP contribution in [0.2, 0.25) is 0 Å². The molecule has 0 spiro atoms. The molecule has 3 aromatic rings. The molecule has 188 valence electrons. The minimum Gasteiger partial charge on any atom is -0.497 e. The maximum Gasteiger partial charge on any atom is 0.407 e. The van der Waals surface area contributed by atoms with Gasteiger partial charge in [0, 0.05) is 6.04 Å². The molecule has 1 aliphatic rings. The van der Waals surface area contributed by atoms with Gasteiger partial charge in [-0.2, -0.15) is 0 Å². The van der Waals surface area contributed by atoms with Crippen LogP contribution in [0.3, 0.4) is 0 Å². The quantitative estimate of drug-likeness (QED) is 0.382. The summed E-state index contributed by atoms with van der Waals surface area (Å²) in [5.41, 5.74) is 2.99. The minimum absolute atomic E-state index is 0.0224. The molecule has 0 aliphatic carbocycles. The fourth-order valence-corrected chi connectivity index (χ4v) is 4.95. The highest BCUT2D eigenvalue weighted by Gasteiger charge is 2.54. The molecule has 0 radical (unpaired) electrons. The predicted octanol–water partition coefficient (Wildman–Crippen LogP) is 5.91. The molecule has 36 heavy (non-hydrogen) atoms. The molecule has 0 saturated carbocycles. The van der Waals surface area contributed by atoms with E-state index in [1.165, 1.54) is 0 Å². The van der Waals surface area contributed by atoms with Crippen LogP contribution in [-0.4, -0.2) is 30.1 Å². The van der Waals surface area contributed by atoms with Gasteiger partial charge in [-0.05, 0) is 41.7 Å². The largest absolute Gasteiger partial charge is 0.497 e. The number of hydrogen-bond donors (Lipinski definition) is 1. The molecular formula is C30H34N2O4. The van der Waals surface area contributed by atoms with Gasteiger partial charge in [-0.15, -0.1) is 0 Å². The lowest BCUT2D eigenvalue weighted by Gasteiger charge is -2.53. The Morgan fingerprint density at radius 2 is 1.53 bits per heavy atom. The van der Waals surface area contributed by atoms with E-state index in [1.807, 2.05) is 111 Å². The van der Waals surface area contributed by atoms with Crippen molar-refractivity contribution in [3.63, 3.8) is 0 Å². The number of carbonyl (C=O) groups is 2. The van der Waals surface area contributed by atoms with Crippen molar-refractivity contribution < 1.29 is 19.1 Å². The van der Waals surface area contributed by atoms with E-state index >= 15 is 0 Å². The Morgan fingerprint density at radius 1 is 0.917 bits per heavy atom. The third-order valence-electron chi connectivity index (χ3n) is 6.94. The lowest BCUT2D eigenvalue weighted by molar-refractivity contribution is -0.165. The van der Waals surface area contributed by atoms with E-state index in [4.69, 9.17) is 9.47 Å². The van der Waals surface area contributed by atoms with Crippen LogP contribution in [0, 0.1) is 11.8 Å². The normalized spacial score (nSPS) is 18.8. The Hall–Kier alpha value is -3.80. The SMILES string of the molecule is COc1ccc([C@H](C)N2C(=O)[C@H]([C@@H](NC(=O)OCc3ccccc3)C(C)C)[C@H]2c2ccccc2)cc1. The van der Waals surface area contributed by atoms with Gasteiger partial charge in [-0.25, -0.2) is 4.79 Å². The summed E-state index contributed by atoms with van der Waals surface area (Å²) in [5.74, 6) is 0.441. The summed E-state index contributed by atoms with van der Waals surface area (Å²) in [6.45, 7) is 6.26. The van der Waals surface area contributed by atoms with Gasteiger partial charge in [0.25, 0.3) is 0 Å². The van der Waals surface area contributed by atoms with Crippen molar-refractivity contribution in [3.05, 3.63) is 102 Å². The Bertz CT molecular complexity index is 1150. The molecule has 1 saturated heterocycles. The minimum atomic E-state index is -0.515. The van der Waals surface area contributed by atoms with E-state index in [1.54, 1.807) is 7.11 Å². The fourth-order valence-electron chi connectivity index (χ4n) is 4.95. The Balaban J connectivity index is 1.55. The number of ether oxygens (including phenoxy) is 2. The molecule has 3 aromatic carbocycles. The monoisotopic (exact) mass is 486 g/mol. The average molecular weight is 487 g/mol. The number of amides is 2. The lowest BCUT2D eigenvalue weighted by Crippen LogP contribution is -2.64. The van der Waals surface area contributed by atoms with E-state index in [0.717, 1.165) is 22.4 Å². The molecule has 0 aromatic heterocycles. The van der Waals surface area contributed by atoms with Gasteiger partial charge in [0.2, 0.25) is 5.91 Å². The van der Waals surface area contributed by atoms with Crippen molar-refractivity contribution in [2.75, 3.05) is 7.11 Å². The van der Waals surface area contributed by atoms with Gasteiger partial charge in [0.05, 0.1) is 25.1 Å². The second kappa shape index (κ2) is 11.3. The van der Waals surface area contributed by atoms with Gasteiger partial charge in [-0.3, -0.25) is 4.79 Å². The second-order valence-corrected chi connectivity index (χ2v) is 9.55. The van der Waals surface area contributed by atoms with Crippen LogP contribution in [0.25, 0.3) is 0 Å². The summed E-state index contributed by atoms with van der Waals surface area (Å²) in [4.78, 5) is 28.4. The summed E-state index contributed by atoms with van der Waals surface area (Å²) in [6, 6.07) is 26.7. The number of alkyl carbamates (subject to hydrolysis) is 1. The highest BCUT2D eigenvalue weighted by Crippen LogP contribution is 2.48. The van der Waals surface area contributed by atoms with Crippen molar-refractivity contribution in [3.8, 4) is 5.75 Å². The average Bonchev–Trinajstić information content (AvgIpc) is 2.91. The first kappa shape index (κ1) is 25.3. The van der Waals surface area contributed by atoms with E-state index in [-0.39, 0.29) is 36.6 Å². The van der Waals surface area contributed by atoms with E-state index in [9.17, 15) is 9.59 Å². The van der Waals surface area contributed by atoms with Crippen LogP contribution >= 0.6 is 0 Å². The third kappa shape index (κ3) is 5.38. The molecule has 6 nitrogen and oxygen atoms in total. The zero-order valence-electron chi connectivity index (χ0n) is 21.3. The first-order valence-electron chi connectivity index (χ1n) is 12.4. The van der Waals surface area contributed by atoms with Crippen LogP contribution in [0.1, 0.15) is 49.5 Å². The molecule has 4 rings (SSSR count). The number of β-lactam (4-membered cyclic amide) rings is 1. The number of benzene rings is 3. The van der Waals surface area contributed by atoms with E-state index in [0.29, 0.717) is 0 Å². The number of hydrogen-bond acceptors (Lipinski definition) is 4. The van der Waals surface area contributed by atoms with Crippen molar-refractivity contribution in [2.45, 2.75) is 45.5 Å². The number of methoxy groups -OCH3 is 1. The van der Waals surface area contributed by atoms with E-state index < -0.39 is 12.0 Å². The first-order valence-corrected chi connectivity index (χ1v) is 12.4. The van der Waals surface area contributed by atoms with Crippen LogP contribution in [0.4, 0.5) is 4.79 Å². The molecule has 1 aliphatic heterocycles. The highest BCUT2D eigenvalue weighted by molar-refractivity contribution is 5.88. The molecule has 0 unspecified atom stereocenters. The summed E-state index contributed by atoms with van der Waals surface area (Å²) in [6.07, 6.45) is -0.515. The molecular weight excluding hydrogens is 452 g/mol. The smallest absolute Gasteiger partial charge is 0.407 e. The summed E-state index contributed by atoms with van der Waals surface area (Å²) in [5, 5.41) is 3.01. The molecule has 0 bridgehead atoms. The maximum absolute atomic E-state index is 13.7. The Morgan fingerprint density at radius 3 is 2.11 bits per heavy atom. The number of likely N-dealkylation sites (tertiary alicyclic amines) is 1. The molecule has 6 heteroatoms.